The summed E-state index contributed by atoms with van der Waals surface area (Å²) >= 11 is 0. The van der Waals surface area contributed by atoms with Crippen LogP contribution in [0.5, 0.6) is 0 Å². The molecule has 0 bridgehead atoms. The summed E-state index contributed by atoms with van der Waals surface area (Å²) in [6.07, 6.45) is 6.66. The number of nitrogens with zero attached hydrogens (tertiary/aromatic N) is 2. The van der Waals surface area contributed by atoms with Gasteiger partial charge in [0.05, 0.1) is 11.9 Å². The second kappa shape index (κ2) is 6.97. The van der Waals surface area contributed by atoms with E-state index >= 15 is 0 Å². The lowest BCUT2D eigenvalue weighted by Crippen LogP contribution is -2.49. The predicted octanol–water partition coefficient (Wildman–Crippen LogP) is 1.35. The van der Waals surface area contributed by atoms with Crippen molar-refractivity contribution in [3.8, 4) is 0 Å². The summed E-state index contributed by atoms with van der Waals surface area (Å²) in [5, 5.41) is 0. The van der Waals surface area contributed by atoms with E-state index in [-0.39, 0.29) is 0 Å². The van der Waals surface area contributed by atoms with Gasteiger partial charge in [0.1, 0.15) is 5.76 Å². The molecular formula is C14H25N3O4S. The van der Waals surface area contributed by atoms with Crippen molar-refractivity contribution in [1.29, 1.82) is 0 Å². The average molecular weight is 331 g/mol. The lowest BCUT2D eigenvalue weighted by Gasteiger charge is -2.43. The third-order valence-corrected chi connectivity index (χ3v) is 4.19. The smallest absolute Gasteiger partial charge is 0.292 e. The second-order valence-electron chi connectivity index (χ2n) is 6.07. The topological polar surface area (TPSA) is 110 Å². The lowest BCUT2D eigenvalue weighted by molar-refractivity contribution is 0.0800. The molecule has 3 N–H and O–H groups in total. The minimum absolute atomic E-state index is 0.343. The Labute approximate surface area is 131 Å². The third-order valence-electron chi connectivity index (χ3n) is 4.19. The number of hydrogen-bond donors (Lipinski definition) is 2. The van der Waals surface area contributed by atoms with Crippen molar-refractivity contribution in [2.24, 2.45) is 5.92 Å². The average Bonchev–Trinajstić information content (AvgIpc) is 2.74. The SMILES string of the molecule is CCCN1CCC[C@H]2Cc3nc(N)oc3C[C@@H]21.CS(=O)(=O)O. The van der Waals surface area contributed by atoms with Gasteiger partial charge in [-0.1, -0.05) is 6.92 Å². The van der Waals surface area contributed by atoms with Crippen LogP contribution in [0.2, 0.25) is 0 Å². The van der Waals surface area contributed by atoms with Crippen molar-refractivity contribution >= 4 is 16.1 Å². The second-order valence-corrected chi connectivity index (χ2v) is 7.53. The van der Waals surface area contributed by atoms with Crippen LogP contribution in [0.1, 0.15) is 37.6 Å². The molecular weight excluding hydrogens is 306 g/mol. The summed E-state index contributed by atoms with van der Waals surface area (Å²) in [6, 6.07) is 0.999. The molecule has 1 saturated heterocycles. The molecule has 126 valence electrons. The zero-order valence-corrected chi connectivity index (χ0v) is 14.0. The third kappa shape index (κ3) is 4.69. The Hall–Kier alpha value is -1.12. The number of likely N-dealkylation sites (tertiary alicyclic amines) is 1. The standard InChI is InChI=1S/C13H21N3O.CH4O3S/c1-2-5-16-6-3-4-9-7-10-12(8-11(9)16)17-13(14)15-10;1-5(2,3)4/h9,11H,2-8H2,1H3,(H2,14,15);1H3,(H,2,3,4)/t9-,11-;/m0./s1. The molecule has 8 heteroatoms. The largest absolute Gasteiger partial charge is 0.429 e. The Kier molecular flexibility index (Phi) is 5.46. The van der Waals surface area contributed by atoms with Crippen molar-refractivity contribution in [3.63, 3.8) is 0 Å². The fraction of sp³-hybridized carbons (Fsp3) is 0.786. The van der Waals surface area contributed by atoms with Crippen LogP contribution in [-0.2, 0) is 23.0 Å². The number of nitrogens with two attached hydrogens (primary N) is 1. The Morgan fingerprint density at radius 3 is 2.77 bits per heavy atom. The van der Waals surface area contributed by atoms with E-state index in [0.717, 1.165) is 30.2 Å². The minimum atomic E-state index is -3.67. The summed E-state index contributed by atoms with van der Waals surface area (Å²) in [5.74, 6) is 1.79. The molecule has 7 nitrogen and oxygen atoms in total. The highest BCUT2D eigenvalue weighted by atomic mass is 32.2. The molecule has 0 spiro atoms. The molecule has 1 aromatic rings. The lowest BCUT2D eigenvalue weighted by atomic mass is 9.79. The van der Waals surface area contributed by atoms with Gasteiger partial charge in [0.25, 0.3) is 16.1 Å². The van der Waals surface area contributed by atoms with Crippen LogP contribution in [0.3, 0.4) is 0 Å². The zero-order valence-electron chi connectivity index (χ0n) is 13.2. The highest BCUT2D eigenvalue weighted by molar-refractivity contribution is 7.85. The van der Waals surface area contributed by atoms with Crippen LogP contribution in [-0.4, -0.2) is 48.2 Å². The molecule has 0 amide bonds. The Bertz CT molecular complexity index is 589. The van der Waals surface area contributed by atoms with Crippen molar-refractivity contribution in [2.75, 3.05) is 25.1 Å². The Morgan fingerprint density at radius 2 is 2.14 bits per heavy atom. The summed E-state index contributed by atoms with van der Waals surface area (Å²) in [5.41, 5.74) is 6.76. The molecule has 3 rings (SSSR count). The van der Waals surface area contributed by atoms with Crippen LogP contribution in [0, 0.1) is 5.92 Å². The first kappa shape index (κ1) is 17.2. The first-order valence-corrected chi connectivity index (χ1v) is 9.53. The van der Waals surface area contributed by atoms with E-state index in [2.05, 4.69) is 16.8 Å². The van der Waals surface area contributed by atoms with Crippen molar-refractivity contribution < 1.29 is 17.4 Å². The van der Waals surface area contributed by atoms with Gasteiger partial charge in [-0.05, 0) is 44.7 Å². The predicted molar refractivity (Wildman–Crippen MR) is 84.2 cm³/mol. The van der Waals surface area contributed by atoms with E-state index in [1.807, 2.05) is 0 Å². The molecule has 2 atom stereocenters. The van der Waals surface area contributed by atoms with Crippen molar-refractivity contribution in [2.45, 2.75) is 45.1 Å². The van der Waals surface area contributed by atoms with Gasteiger partial charge in [-0.25, -0.2) is 0 Å². The fourth-order valence-corrected chi connectivity index (χ4v) is 3.47. The highest BCUT2D eigenvalue weighted by Gasteiger charge is 2.37. The van der Waals surface area contributed by atoms with E-state index in [1.165, 1.54) is 32.4 Å². The monoisotopic (exact) mass is 331 g/mol. The first-order valence-electron chi connectivity index (χ1n) is 7.68. The number of rotatable bonds is 2. The highest BCUT2D eigenvalue weighted by Crippen LogP contribution is 2.35. The van der Waals surface area contributed by atoms with E-state index in [1.54, 1.807) is 0 Å². The van der Waals surface area contributed by atoms with Crippen molar-refractivity contribution in [1.82, 2.24) is 9.88 Å². The fourth-order valence-electron chi connectivity index (χ4n) is 3.47. The number of piperidine rings is 1. The number of oxazole rings is 1. The van der Waals surface area contributed by atoms with Gasteiger partial charge in [0.2, 0.25) is 0 Å². The molecule has 0 unspecified atom stereocenters. The number of hydrogen-bond acceptors (Lipinski definition) is 6. The van der Waals surface area contributed by atoms with Crippen LogP contribution >= 0.6 is 0 Å². The molecule has 2 heterocycles. The number of fused-ring (bicyclic) bond motifs is 2. The quantitative estimate of drug-likeness (QED) is 0.787. The molecule has 1 aromatic heterocycles. The minimum Gasteiger partial charge on any atom is -0.429 e. The van der Waals surface area contributed by atoms with E-state index in [0.29, 0.717) is 18.3 Å². The van der Waals surface area contributed by atoms with Gasteiger partial charge in [-0.15, -0.1) is 0 Å². The normalized spacial score (nSPS) is 24.9. The van der Waals surface area contributed by atoms with Gasteiger partial charge in [0, 0.05) is 12.5 Å². The molecule has 0 radical (unpaired) electrons. The summed E-state index contributed by atoms with van der Waals surface area (Å²) in [6.45, 7) is 4.71. The van der Waals surface area contributed by atoms with E-state index in [4.69, 9.17) is 14.7 Å². The molecule has 0 saturated carbocycles. The van der Waals surface area contributed by atoms with Gasteiger partial charge in [-0.3, -0.25) is 9.45 Å². The van der Waals surface area contributed by atoms with Crippen LogP contribution < -0.4 is 5.73 Å². The summed E-state index contributed by atoms with van der Waals surface area (Å²) in [4.78, 5) is 6.94. The maximum Gasteiger partial charge on any atom is 0.292 e. The molecule has 1 aliphatic heterocycles. The molecule has 1 aliphatic carbocycles. The molecule has 2 aliphatic rings. The van der Waals surface area contributed by atoms with Crippen molar-refractivity contribution in [3.05, 3.63) is 11.5 Å². The van der Waals surface area contributed by atoms with Crippen LogP contribution in [0.25, 0.3) is 0 Å². The summed E-state index contributed by atoms with van der Waals surface area (Å²) < 4.78 is 31.4. The Balaban J connectivity index is 0.000000309. The maximum atomic E-state index is 9.19. The molecule has 1 fully saturated rings. The zero-order chi connectivity index (χ0) is 16.3. The Morgan fingerprint density at radius 1 is 1.45 bits per heavy atom. The van der Waals surface area contributed by atoms with Gasteiger partial charge >= 0.3 is 0 Å². The maximum absolute atomic E-state index is 9.19. The van der Waals surface area contributed by atoms with Gasteiger partial charge < -0.3 is 10.2 Å². The van der Waals surface area contributed by atoms with Crippen LogP contribution in [0.4, 0.5) is 6.01 Å². The number of anilines is 1. The number of nitrogen functional groups attached to an aromatic ring is 1. The van der Waals surface area contributed by atoms with Gasteiger partial charge in [-0.2, -0.15) is 13.4 Å². The first-order chi connectivity index (χ1) is 10.3. The van der Waals surface area contributed by atoms with Crippen LogP contribution in [0.15, 0.2) is 4.42 Å². The van der Waals surface area contributed by atoms with E-state index in [9.17, 15) is 8.42 Å². The van der Waals surface area contributed by atoms with Gasteiger partial charge in [0.15, 0.2) is 0 Å². The summed E-state index contributed by atoms with van der Waals surface area (Å²) in [7, 11) is -3.67. The molecule has 0 aromatic carbocycles. The number of aromatic nitrogens is 1. The van der Waals surface area contributed by atoms with E-state index < -0.39 is 10.1 Å². The molecule has 22 heavy (non-hydrogen) atoms.